The van der Waals surface area contributed by atoms with Crippen molar-refractivity contribution in [3.8, 4) is 0 Å². The molecule has 0 spiro atoms. The van der Waals surface area contributed by atoms with Crippen LogP contribution in [0.1, 0.15) is 36.8 Å². The summed E-state index contributed by atoms with van der Waals surface area (Å²) in [5.74, 6) is 0. The van der Waals surface area contributed by atoms with Gasteiger partial charge in [-0.1, -0.05) is 0 Å². The molecule has 1 aliphatic rings. The number of hydrogen-bond acceptors (Lipinski definition) is 3. The average Bonchev–Trinajstić information content (AvgIpc) is 2.51. The molecule has 0 radical (unpaired) electrons. The highest BCUT2D eigenvalue weighted by Gasteiger charge is 2.23. The molecule has 1 N–H and O–H groups in total. The zero-order valence-corrected chi connectivity index (χ0v) is 10.4. The quantitative estimate of drug-likeness (QED) is 0.793. The normalized spacial score (nSPS) is 32.6. The van der Waals surface area contributed by atoms with Crippen molar-refractivity contribution in [3.05, 3.63) is 21.9 Å². The number of rotatable bonds is 1. The maximum Gasteiger partial charge on any atom is 0.105 e. The molecule has 3 atom stereocenters. The van der Waals surface area contributed by atoms with Gasteiger partial charge in [0, 0.05) is 17.5 Å². The molecular formula is C12H19NOS. The van der Waals surface area contributed by atoms with Gasteiger partial charge in [0.2, 0.25) is 0 Å². The summed E-state index contributed by atoms with van der Waals surface area (Å²) in [4.78, 5) is 1.38. The molecule has 1 fully saturated rings. The van der Waals surface area contributed by atoms with E-state index in [0.29, 0.717) is 12.1 Å². The van der Waals surface area contributed by atoms with Crippen molar-refractivity contribution >= 4 is 11.3 Å². The van der Waals surface area contributed by atoms with Crippen molar-refractivity contribution in [1.29, 1.82) is 0 Å². The van der Waals surface area contributed by atoms with E-state index in [2.05, 4.69) is 37.5 Å². The van der Waals surface area contributed by atoms with E-state index in [-0.39, 0.29) is 6.10 Å². The SMILES string of the molecule is Cc1ccsc1C1CNC(C)CC(C)O1. The smallest absolute Gasteiger partial charge is 0.105 e. The van der Waals surface area contributed by atoms with Gasteiger partial charge in [-0.3, -0.25) is 0 Å². The number of thiophene rings is 1. The minimum absolute atomic E-state index is 0.241. The second-order valence-electron chi connectivity index (χ2n) is 4.45. The first-order chi connectivity index (χ1) is 7.16. The van der Waals surface area contributed by atoms with Gasteiger partial charge >= 0.3 is 0 Å². The highest BCUT2D eigenvalue weighted by molar-refractivity contribution is 7.10. The van der Waals surface area contributed by atoms with Crippen LogP contribution in [-0.4, -0.2) is 18.7 Å². The summed E-state index contributed by atoms with van der Waals surface area (Å²) in [6, 6.07) is 2.73. The second-order valence-corrected chi connectivity index (χ2v) is 5.40. The summed E-state index contributed by atoms with van der Waals surface area (Å²) in [7, 11) is 0. The Balaban J connectivity index is 2.12. The molecule has 2 rings (SSSR count). The highest BCUT2D eigenvalue weighted by Crippen LogP contribution is 2.29. The molecule has 0 aliphatic carbocycles. The molecule has 0 saturated carbocycles. The number of ether oxygens (including phenoxy) is 1. The van der Waals surface area contributed by atoms with E-state index in [4.69, 9.17) is 4.74 Å². The van der Waals surface area contributed by atoms with E-state index in [1.165, 1.54) is 10.4 Å². The molecule has 3 unspecified atom stereocenters. The lowest BCUT2D eigenvalue weighted by molar-refractivity contribution is 0.00884. The van der Waals surface area contributed by atoms with E-state index < -0.39 is 0 Å². The van der Waals surface area contributed by atoms with E-state index in [0.717, 1.165) is 13.0 Å². The van der Waals surface area contributed by atoms with Crippen LogP contribution in [0.4, 0.5) is 0 Å². The molecule has 1 aliphatic heterocycles. The van der Waals surface area contributed by atoms with E-state index in [1.54, 1.807) is 11.3 Å². The molecule has 0 aromatic carbocycles. The molecule has 1 saturated heterocycles. The maximum atomic E-state index is 6.05. The van der Waals surface area contributed by atoms with Gasteiger partial charge in [0.1, 0.15) is 6.10 Å². The number of nitrogens with one attached hydrogen (secondary N) is 1. The third-order valence-corrected chi connectivity index (χ3v) is 4.04. The molecule has 1 aromatic heterocycles. The van der Waals surface area contributed by atoms with Crippen LogP contribution in [0, 0.1) is 6.92 Å². The molecule has 0 bridgehead atoms. The molecular weight excluding hydrogens is 206 g/mol. The van der Waals surface area contributed by atoms with Crippen LogP contribution in [0.15, 0.2) is 11.4 Å². The first-order valence-corrected chi connectivity index (χ1v) is 6.47. The van der Waals surface area contributed by atoms with Crippen molar-refractivity contribution in [1.82, 2.24) is 5.32 Å². The van der Waals surface area contributed by atoms with Gasteiger partial charge in [-0.25, -0.2) is 0 Å². The molecule has 2 heterocycles. The van der Waals surface area contributed by atoms with E-state index in [9.17, 15) is 0 Å². The van der Waals surface area contributed by atoms with Crippen molar-refractivity contribution in [2.45, 2.75) is 45.4 Å². The Hall–Kier alpha value is -0.380. The zero-order valence-electron chi connectivity index (χ0n) is 9.62. The van der Waals surface area contributed by atoms with E-state index in [1.807, 2.05) is 0 Å². The number of hydrogen-bond donors (Lipinski definition) is 1. The van der Waals surface area contributed by atoms with Crippen molar-refractivity contribution in [2.75, 3.05) is 6.54 Å². The number of aryl methyl sites for hydroxylation is 1. The fraction of sp³-hybridized carbons (Fsp3) is 0.667. The van der Waals surface area contributed by atoms with Crippen LogP contribution in [-0.2, 0) is 4.74 Å². The Labute approximate surface area is 95.6 Å². The summed E-state index contributed by atoms with van der Waals surface area (Å²) in [5, 5.41) is 5.67. The van der Waals surface area contributed by atoms with Gasteiger partial charge in [0.25, 0.3) is 0 Å². The molecule has 2 nitrogen and oxygen atoms in total. The lowest BCUT2D eigenvalue weighted by Crippen LogP contribution is -2.27. The van der Waals surface area contributed by atoms with Crippen LogP contribution in [0.5, 0.6) is 0 Å². The highest BCUT2D eigenvalue weighted by atomic mass is 32.1. The summed E-state index contributed by atoms with van der Waals surface area (Å²) in [5.41, 5.74) is 1.36. The Bertz CT molecular complexity index is 323. The van der Waals surface area contributed by atoms with Gasteiger partial charge in [-0.2, -0.15) is 0 Å². The molecule has 3 heteroatoms. The lowest BCUT2D eigenvalue weighted by Gasteiger charge is -2.18. The first-order valence-electron chi connectivity index (χ1n) is 5.59. The zero-order chi connectivity index (χ0) is 10.8. The minimum atomic E-state index is 0.241. The summed E-state index contributed by atoms with van der Waals surface area (Å²) < 4.78 is 6.05. The Morgan fingerprint density at radius 3 is 2.93 bits per heavy atom. The minimum Gasteiger partial charge on any atom is -0.368 e. The topological polar surface area (TPSA) is 21.3 Å². The summed E-state index contributed by atoms with van der Waals surface area (Å²) >= 11 is 1.80. The second kappa shape index (κ2) is 4.64. The fourth-order valence-electron chi connectivity index (χ4n) is 2.14. The van der Waals surface area contributed by atoms with Gasteiger partial charge < -0.3 is 10.1 Å². The lowest BCUT2D eigenvalue weighted by atomic mass is 10.2. The van der Waals surface area contributed by atoms with Crippen molar-refractivity contribution in [2.24, 2.45) is 0 Å². The van der Waals surface area contributed by atoms with Crippen LogP contribution >= 0.6 is 11.3 Å². The monoisotopic (exact) mass is 225 g/mol. The maximum absolute atomic E-state index is 6.05. The van der Waals surface area contributed by atoms with Gasteiger partial charge in [0.05, 0.1) is 6.10 Å². The van der Waals surface area contributed by atoms with Crippen LogP contribution < -0.4 is 5.32 Å². The molecule has 15 heavy (non-hydrogen) atoms. The van der Waals surface area contributed by atoms with E-state index >= 15 is 0 Å². The van der Waals surface area contributed by atoms with Crippen LogP contribution in [0.25, 0.3) is 0 Å². The standard InChI is InChI=1S/C12H19NOS/c1-8-4-5-15-12(8)11-7-13-9(2)6-10(3)14-11/h4-5,9-11,13H,6-7H2,1-3H3. The fourth-order valence-corrected chi connectivity index (χ4v) is 3.11. The predicted octanol–water partition coefficient (Wildman–Crippen LogP) is 2.88. The van der Waals surface area contributed by atoms with Gasteiger partial charge in [0.15, 0.2) is 0 Å². The Morgan fingerprint density at radius 1 is 1.47 bits per heavy atom. The Morgan fingerprint density at radius 2 is 2.27 bits per heavy atom. The average molecular weight is 225 g/mol. The Kier molecular flexibility index (Phi) is 3.44. The molecule has 0 amide bonds. The van der Waals surface area contributed by atoms with Crippen molar-refractivity contribution < 1.29 is 4.74 Å². The third kappa shape index (κ3) is 2.60. The molecule has 1 aromatic rings. The summed E-state index contributed by atoms with van der Waals surface area (Å²) in [6.07, 6.45) is 1.69. The van der Waals surface area contributed by atoms with Gasteiger partial charge in [-0.05, 0) is 44.2 Å². The first kappa shape index (κ1) is 11.1. The third-order valence-electron chi connectivity index (χ3n) is 2.93. The predicted molar refractivity (Wildman–Crippen MR) is 64.4 cm³/mol. The summed E-state index contributed by atoms with van der Waals surface area (Å²) in [6.45, 7) is 7.49. The van der Waals surface area contributed by atoms with Gasteiger partial charge in [-0.15, -0.1) is 11.3 Å². The molecule has 84 valence electrons. The van der Waals surface area contributed by atoms with Crippen molar-refractivity contribution in [3.63, 3.8) is 0 Å². The van der Waals surface area contributed by atoms with Crippen LogP contribution in [0.2, 0.25) is 0 Å². The largest absolute Gasteiger partial charge is 0.368 e. The van der Waals surface area contributed by atoms with Crippen LogP contribution in [0.3, 0.4) is 0 Å².